The molecule has 2 aromatic carbocycles. The minimum absolute atomic E-state index is 0.0552. The maximum absolute atomic E-state index is 13.3. The Morgan fingerprint density at radius 2 is 1.97 bits per heavy atom. The van der Waals surface area contributed by atoms with Gasteiger partial charge in [0.05, 0.1) is 11.8 Å². The number of aromatic nitrogens is 3. The molecule has 7 nitrogen and oxygen atoms in total. The Kier molecular flexibility index (Phi) is 6.17. The molecular weight excluding hydrogens is 436 g/mol. The van der Waals surface area contributed by atoms with Crippen LogP contribution in [0.25, 0.3) is 11.3 Å². The van der Waals surface area contributed by atoms with Crippen molar-refractivity contribution in [3.63, 3.8) is 0 Å². The Bertz CT molecular complexity index is 1170. The molecule has 1 saturated carbocycles. The second-order valence-electron chi connectivity index (χ2n) is 8.15. The van der Waals surface area contributed by atoms with Crippen LogP contribution < -0.4 is 14.4 Å². The number of fused-ring (bicyclic) bond motifs is 3. The standard InChI is InChI=1S/C25H26N4O3S/c1-3-21(30)29-20-14-7-6-13-19(20)22-23(26-25(33-2)28-27-22)32-24(29)16-9-8-12-18(15-16)31-17-10-4-5-11-17/h6-9,12-15,17,24H,3-5,10-11H2,1-2H3/t24-/m1/s1. The maximum Gasteiger partial charge on any atom is 0.247 e. The number of rotatable bonds is 5. The molecule has 1 aromatic heterocycles. The number of benzene rings is 2. The number of thioether (sulfide) groups is 1. The van der Waals surface area contributed by atoms with E-state index in [1.165, 1.54) is 24.6 Å². The minimum Gasteiger partial charge on any atom is -0.490 e. The summed E-state index contributed by atoms with van der Waals surface area (Å²) in [5.74, 6) is 1.09. The molecule has 2 aliphatic rings. The molecule has 8 heteroatoms. The molecule has 2 heterocycles. The third kappa shape index (κ3) is 4.27. The van der Waals surface area contributed by atoms with Crippen LogP contribution in [0.3, 0.4) is 0 Å². The highest BCUT2D eigenvalue weighted by Crippen LogP contribution is 2.44. The van der Waals surface area contributed by atoms with Crippen LogP contribution in [0.4, 0.5) is 5.69 Å². The molecule has 5 rings (SSSR count). The molecule has 1 amide bonds. The Morgan fingerprint density at radius 3 is 2.76 bits per heavy atom. The zero-order valence-corrected chi connectivity index (χ0v) is 19.5. The fraction of sp³-hybridized carbons (Fsp3) is 0.360. The van der Waals surface area contributed by atoms with E-state index in [2.05, 4.69) is 15.2 Å². The van der Waals surface area contributed by atoms with Gasteiger partial charge in [-0.05, 0) is 50.1 Å². The molecule has 33 heavy (non-hydrogen) atoms. The third-order valence-electron chi connectivity index (χ3n) is 6.01. The van der Waals surface area contributed by atoms with Gasteiger partial charge < -0.3 is 9.47 Å². The monoisotopic (exact) mass is 462 g/mol. The van der Waals surface area contributed by atoms with Crippen molar-refractivity contribution in [1.29, 1.82) is 0 Å². The largest absolute Gasteiger partial charge is 0.490 e. The topological polar surface area (TPSA) is 77.4 Å². The van der Waals surface area contributed by atoms with Crippen LogP contribution in [0.15, 0.2) is 53.7 Å². The fourth-order valence-corrected chi connectivity index (χ4v) is 4.69. The van der Waals surface area contributed by atoms with Crippen molar-refractivity contribution in [3.05, 3.63) is 54.1 Å². The second-order valence-corrected chi connectivity index (χ2v) is 8.93. The lowest BCUT2D eigenvalue weighted by molar-refractivity contribution is -0.120. The molecule has 1 aliphatic carbocycles. The van der Waals surface area contributed by atoms with Crippen molar-refractivity contribution < 1.29 is 14.3 Å². The van der Waals surface area contributed by atoms with E-state index in [4.69, 9.17) is 9.47 Å². The Morgan fingerprint density at radius 1 is 1.15 bits per heavy atom. The zero-order chi connectivity index (χ0) is 22.8. The van der Waals surface area contributed by atoms with Crippen LogP contribution >= 0.6 is 11.8 Å². The number of hydrogen-bond acceptors (Lipinski definition) is 7. The lowest BCUT2D eigenvalue weighted by atomic mass is 10.1. The number of para-hydroxylation sites is 1. The van der Waals surface area contributed by atoms with E-state index >= 15 is 0 Å². The van der Waals surface area contributed by atoms with Crippen molar-refractivity contribution in [2.45, 2.75) is 56.5 Å². The van der Waals surface area contributed by atoms with Crippen molar-refractivity contribution >= 4 is 23.4 Å². The molecule has 0 saturated heterocycles. The van der Waals surface area contributed by atoms with E-state index in [0.717, 1.165) is 35.4 Å². The number of carbonyl (C=O) groups excluding carboxylic acids is 1. The van der Waals surface area contributed by atoms with Gasteiger partial charge in [0.15, 0.2) is 5.69 Å². The molecule has 1 aliphatic heterocycles. The number of carbonyl (C=O) groups is 1. The summed E-state index contributed by atoms with van der Waals surface area (Å²) in [5, 5.41) is 9.13. The first-order chi connectivity index (χ1) is 16.2. The number of amides is 1. The quantitative estimate of drug-likeness (QED) is 0.469. The van der Waals surface area contributed by atoms with Crippen LogP contribution in [-0.4, -0.2) is 33.4 Å². The van der Waals surface area contributed by atoms with Gasteiger partial charge in [0, 0.05) is 17.5 Å². The lowest BCUT2D eigenvalue weighted by Gasteiger charge is -2.31. The van der Waals surface area contributed by atoms with E-state index in [-0.39, 0.29) is 12.0 Å². The van der Waals surface area contributed by atoms with Crippen LogP contribution in [0.5, 0.6) is 11.6 Å². The summed E-state index contributed by atoms with van der Waals surface area (Å²) in [6.45, 7) is 1.85. The number of anilines is 1. The highest BCUT2D eigenvalue weighted by Gasteiger charge is 2.35. The number of hydrogen-bond donors (Lipinski definition) is 0. The molecule has 0 N–H and O–H groups in total. The van der Waals surface area contributed by atoms with Gasteiger partial charge in [-0.25, -0.2) is 0 Å². The predicted molar refractivity (Wildman–Crippen MR) is 128 cm³/mol. The number of ether oxygens (including phenoxy) is 2. The van der Waals surface area contributed by atoms with Gasteiger partial charge in [-0.3, -0.25) is 9.69 Å². The molecule has 0 spiro atoms. The summed E-state index contributed by atoms with van der Waals surface area (Å²) < 4.78 is 12.7. The smallest absolute Gasteiger partial charge is 0.247 e. The Labute approximate surface area is 197 Å². The molecule has 0 unspecified atom stereocenters. The van der Waals surface area contributed by atoms with Gasteiger partial charge in [-0.15, -0.1) is 10.2 Å². The van der Waals surface area contributed by atoms with Gasteiger partial charge >= 0.3 is 0 Å². The summed E-state index contributed by atoms with van der Waals surface area (Å²) in [4.78, 5) is 19.5. The van der Waals surface area contributed by atoms with E-state index in [0.29, 0.717) is 23.2 Å². The van der Waals surface area contributed by atoms with Gasteiger partial charge in [-0.1, -0.05) is 49.0 Å². The molecule has 0 bridgehead atoms. The van der Waals surface area contributed by atoms with Crippen LogP contribution in [-0.2, 0) is 4.79 Å². The summed E-state index contributed by atoms with van der Waals surface area (Å²) in [7, 11) is 0. The summed E-state index contributed by atoms with van der Waals surface area (Å²) in [5.41, 5.74) is 2.84. The van der Waals surface area contributed by atoms with Crippen molar-refractivity contribution in [3.8, 4) is 22.9 Å². The average Bonchev–Trinajstić information content (AvgIpc) is 3.31. The normalized spacial score (nSPS) is 17.6. The fourth-order valence-electron chi connectivity index (χ4n) is 4.40. The van der Waals surface area contributed by atoms with Gasteiger partial charge in [0.2, 0.25) is 23.2 Å². The Balaban J connectivity index is 1.63. The first kappa shape index (κ1) is 21.7. The van der Waals surface area contributed by atoms with Crippen LogP contribution in [0.2, 0.25) is 0 Å². The molecule has 3 aromatic rings. The van der Waals surface area contributed by atoms with Crippen molar-refractivity contribution in [1.82, 2.24) is 15.2 Å². The SMILES string of the molecule is CCC(=O)N1c2ccccc2-c2nnc(SC)nc2O[C@@H]1c1cccc(OC2CCCC2)c1. The van der Waals surface area contributed by atoms with Crippen molar-refractivity contribution in [2.75, 3.05) is 11.2 Å². The highest BCUT2D eigenvalue weighted by atomic mass is 32.2. The van der Waals surface area contributed by atoms with Gasteiger partial charge in [-0.2, -0.15) is 4.98 Å². The van der Waals surface area contributed by atoms with Crippen LogP contribution in [0, 0.1) is 0 Å². The average molecular weight is 463 g/mol. The predicted octanol–water partition coefficient (Wildman–Crippen LogP) is 5.42. The highest BCUT2D eigenvalue weighted by molar-refractivity contribution is 7.98. The Hall–Kier alpha value is -3.13. The van der Waals surface area contributed by atoms with Crippen LogP contribution in [0.1, 0.15) is 50.8 Å². The van der Waals surface area contributed by atoms with Crippen molar-refractivity contribution in [2.24, 2.45) is 0 Å². The molecule has 170 valence electrons. The summed E-state index contributed by atoms with van der Waals surface area (Å²) >= 11 is 1.39. The number of nitrogens with zero attached hydrogens (tertiary/aromatic N) is 4. The van der Waals surface area contributed by atoms with E-state index < -0.39 is 6.23 Å². The molecule has 1 fully saturated rings. The molecule has 0 radical (unpaired) electrons. The minimum atomic E-state index is -0.710. The van der Waals surface area contributed by atoms with E-state index in [1.807, 2.05) is 61.7 Å². The first-order valence-electron chi connectivity index (χ1n) is 11.3. The van der Waals surface area contributed by atoms with Gasteiger partial charge in [0.25, 0.3) is 0 Å². The molecular formula is C25H26N4O3S. The molecule has 1 atom stereocenters. The zero-order valence-electron chi connectivity index (χ0n) is 18.7. The van der Waals surface area contributed by atoms with E-state index in [1.54, 1.807) is 4.90 Å². The maximum atomic E-state index is 13.3. The second kappa shape index (κ2) is 9.39. The lowest BCUT2D eigenvalue weighted by Crippen LogP contribution is -2.37. The summed E-state index contributed by atoms with van der Waals surface area (Å²) in [6, 6.07) is 15.5. The van der Waals surface area contributed by atoms with E-state index in [9.17, 15) is 4.79 Å². The summed E-state index contributed by atoms with van der Waals surface area (Å²) in [6.07, 6.45) is 6.31. The third-order valence-corrected chi connectivity index (χ3v) is 6.55. The first-order valence-corrected chi connectivity index (χ1v) is 12.5. The van der Waals surface area contributed by atoms with Gasteiger partial charge in [0.1, 0.15) is 5.75 Å².